The summed E-state index contributed by atoms with van der Waals surface area (Å²) in [6, 6.07) is 15.7. The third-order valence-electron chi connectivity index (χ3n) is 3.47. The molecule has 0 aromatic heterocycles. The number of allylic oxidation sites excluding steroid dienone is 2. The molecule has 0 aliphatic carbocycles. The Morgan fingerprint density at radius 2 is 0.957 bits per heavy atom. The average Bonchev–Trinajstić information content (AvgIpc) is 2.62. The summed E-state index contributed by atoms with van der Waals surface area (Å²) in [4.78, 5) is 0. The molecule has 2 aromatic rings. The first-order valence-corrected chi connectivity index (χ1v) is 7.64. The lowest BCUT2D eigenvalue weighted by Crippen LogP contribution is -1.85. The predicted octanol–water partition coefficient (Wildman–Crippen LogP) is 3.50. The van der Waals surface area contributed by atoms with Gasteiger partial charge in [0.25, 0.3) is 0 Å². The van der Waals surface area contributed by atoms with Gasteiger partial charge in [-0.25, -0.2) is 0 Å². The zero-order chi connectivity index (χ0) is 16.3. The van der Waals surface area contributed by atoms with E-state index in [0.717, 1.165) is 24.0 Å². The van der Waals surface area contributed by atoms with Crippen molar-refractivity contribution < 1.29 is 14.9 Å². The maximum absolute atomic E-state index is 8.98. The van der Waals surface area contributed by atoms with E-state index in [-0.39, 0.29) is 13.2 Å². The fourth-order valence-corrected chi connectivity index (χ4v) is 2.09. The van der Waals surface area contributed by atoms with Crippen molar-refractivity contribution in [3.05, 3.63) is 95.5 Å². The molecule has 2 rings (SSSR count). The number of hydrogen-bond donors (Lipinski definition) is 2. The van der Waals surface area contributed by atoms with Gasteiger partial charge < -0.3 is 14.9 Å². The molecule has 0 saturated carbocycles. The third-order valence-corrected chi connectivity index (χ3v) is 3.47. The van der Waals surface area contributed by atoms with Gasteiger partial charge in [-0.15, -0.1) is 0 Å². The summed E-state index contributed by atoms with van der Waals surface area (Å²) in [5.41, 5.74) is 4.19. The third kappa shape index (κ3) is 6.10. The highest BCUT2D eigenvalue weighted by Gasteiger charge is 1.92. The first-order chi connectivity index (χ1) is 11.3. The van der Waals surface area contributed by atoms with Crippen LogP contribution in [0.1, 0.15) is 22.3 Å². The minimum absolute atomic E-state index is 0.0761. The smallest absolute Gasteiger partial charge is 0.0864 e. The number of benzene rings is 2. The van der Waals surface area contributed by atoms with Crippen molar-refractivity contribution in [2.75, 3.05) is 0 Å². The van der Waals surface area contributed by atoms with Crippen LogP contribution in [0.3, 0.4) is 0 Å². The average molecular weight is 310 g/mol. The van der Waals surface area contributed by atoms with Gasteiger partial charge in [-0.1, -0.05) is 48.5 Å². The van der Waals surface area contributed by atoms with Crippen molar-refractivity contribution in [1.82, 2.24) is 0 Å². The van der Waals surface area contributed by atoms with Crippen LogP contribution in [0.4, 0.5) is 0 Å². The second-order valence-corrected chi connectivity index (χ2v) is 5.24. The molecule has 3 heteroatoms. The van der Waals surface area contributed by atoms with Crippen molar-refractivity contribution >= 4 is 0 Å². The molecule has 2 N–H and O–H groups in total. The maximum Gasteiger partial charge on any atom is 0.0864 e. The van der Waals surface area contributed by atoms with Crippen LogP contribution in [0.15, 0.2) is 73.2 Å². The number of aliphatic hydroxyl groups excluding tert-OH is 2. The number of rotatable bonds is 8. The van der Waals surface area contributed by atoms with Gasteiger partial charge in [0.2, 0.25) is 0 Å². The van der Waals surface area contributed by atoms with Crippen molar-refractivity contribution in [2.24, 2.45) is 0 Å². The lowest BCUT2D eigenvalue weighted by atomic mass is 10.1. The second-order valence-electron chi connectivity index (χ2n) is 5.24. The summed E-state index contributed by atoms with van der Waals surface area (Å²) in [6.45, 7) is 0.152. The summed E-state index contributed by atoms with van der Waals surface area (Å²) in [5.74, 6) is 0. The molecule has 0 spiro atoms. The Hall–Kier alpha value is -2.36. The highest BCUT2D eigenvalue weighted by Crippen LogP contribution is 2.07. The second kappa shape index (κ2) is 9.62. The first kappa shape index (κ1) is 17.0. The molecule has 2 aromatic carbocycles. The van der Waals surface area contributed by atoms with Gasteiger partial charge in [0, 0.05) is 0 Å². The molecular weight excluding hydrogens is 288 g/mol. The van der Waals surface area contributed by atoms with Crippen LogP contribution in [0, 0.1) is 0 Å². The molecule has 0 heterocycles. The van der Waals surface area contributed by atoms with E-state index in [0.29, 0.717) is 0 Å². The molecule has 0 aliphatic rings. The molecule has 0 atom stereocenters. The summed E-state index contributed by atoms with van der Waals surface area (Å²) < 4.78 is 5.33. The normalized spacial score (nSPS) is 11.4. The van der Waals surface area contributed by atoms with E-state index in [1.165, 1.54) is 11.1 Å². The molecule has 23 heavy (non-hydrogen) atoms. The van der Waals surface area contributed by atoms with Crippen molar-refractivity contribution in [3.63, 3.8) is 0 Å². The van der Waals surface area contributed by atoms with Gasteiger partial charge in [-0.3, -0.25) is 0 Å². The van der Waals surface area contributed by atoms with E-state index in [9.17, 15) is 0 Å². The highest BCUT2D eigenvalue weighted by atomic mass is 16.5. The van der Waals surface area contributed by atoms with Crippen LogP contribution in [-0.2, 0) is 30.8 Å². The van der Waals surface area contributed by atoms with Gasteiger partial charge in [-0.05, 0) is 47.2 Å². The van der Waals surface area contributed by atoms with Crippen LogP contribution in [-0.4, -0.2) is 10.2 Å². The van der Waals surface area contributed by atoms with Gasteiger partial charge >= 0.3 is 0 Å². The summed E-state index contributed by atoms with van der Waals surface area (Å²) in [6.07, 6.45) is 8.84. The minimum atomic E-state index is 0.0761. The van der Waals surface area contributed by atoms with E-state index in [2.05, 4.69) is 0 Å². The minimum Gasteiger partial charge on any atom is -0.473 e. The standard InChI is InChI=1S/C20H22O3/c21-15-19-9-5-17(6-10-19)3-1-13-23-14-2-4-18-7-11-20(16-22)12-8-18/h1-2,5-14,21-22H,3-4,15-16H2. The molecule has 0 radical (unpaired) electrons. The zero-order valence-corrected chi connectivity index (χ0v) is 13.1. The largest absolute Gasteiger partial charge is 0.473 e. The van der Waals surface area contributed by atoms with E-state index in [1.807, 2.05) is 60.7 Å². The zero-order valence-electron chi connectivity index (χ0n) is 13.1. The molecule has 0 saturated heterocycles. The van der Waals surface area contributed by atoms with Gasteiger partial charge in [0.15, 0.2) is 0 Å². The molecule has 0 bridgehead atoms. The fourth-order valence-electron chi connectivity index (χ4n) is 2.09. The number of ether oxygens (including phenoxy) is 1. The van der Waals surface area contributed by atoms with E-state index >= 15 is 0 Å². The lowest BCUT2D eigenvalue weighted by Gasteiger charge is -1.99. The molecule has 0 fully saturated rings. The summed E-state index contributed by atoms with van der Waals surface area (Å²) in [7, 11) is 0. The maximum atomic E-state index is 8.98. The molecule has 0 aliphatic heterocycles. The first-order valence-electron chi connectivity index (χ1n) is 7.64. The summed E-state index contributed by atoms with van der Waals surface area (Å²) >= 11 is 0. The Bertz CT molecular complexity index is 567. The Labute approximate surface area is 137 Å². The van der Waals surface area contributed by atoms with Crippen LogP contribution >= 0.6 is 0 Å². The molecular formula is C20H22O3. The molecule has 0 unspecified atom stereocenters. The SMILES string of the molecule is OCc1ccc(CC=COC=CCc2ccc(CO)cc2)cc1. The Kier molecular flexibility index (Phi) is 7.11. The predicted molar refractivity (Wildman–Crippen MR) is 91.5 cm³/mol. The van der Waals surface area contributed by atoms with Crippen molar-refractivity contribution in [1.29, 1.82) is 0 Å². The Morgan fingerprint density at radius 3 is 1.30 bits per heavy atom. The lowest BCUT2D eigenvalue weighted by molar-refractivity contribution is 0.281. The van der Waals surface area contributed by atoms with Crippen molar-refractivity contribution in [2.45, 2.75) is 26.1 Å². The van der Waals surface area contributed by atoms with Crippen LogP contribution < -0.4 is 0 Å². The van der Waals surface area contributed by atoms with Crippen LogP contribution in [0.5, 0.6) is 0 Å². The quantitative estimate of drug-likeness (QED) is 0.734. The van der Waals surface area contributed by atoms with Gasteiger partial charge in [0.05, 0.1) is 25.7 Å². The number of aliphatic hydroxyl groups is 2. The van der Waals surface area contributed by atoms with Gasteiger partial charge in [-0.2, -0.15) is 0 Å². The topological polar surface area (TPSA) is 49.7 Å². The summed E-state index contributed by atoms with van der Waals surface area (Å²) in [5, 5.41) is 18.0. The number of hydrogen-bond acceptors (Lipinski definition) is 3. The fraction of sp³-hybridized carbons (Fsp3) is 0.200. The monoisotopic (exact) mass is 310 g/mol. The van der Waals surface area contributed by atoms with Crippen molar-refractivity contribution in [3.8, 4) is 0 Å². The van der Waals surface area contributed by atoms with Crippen LogP contribution in [0.2, 0.25) is 0 Å². The van der Waals surface area contributed by atoms with Gasteiger partial charge in [0.1, 0.15) is 0 Å². The Morgan fingerprint density at radius 1 is 0.609 bits per heavy atom. The Balaban J connectivity index is 1.68. The van der Waals surface area contributed by atoms with E-state index in [4.69, 9.17) is 14.9 Å². The molecule has 0 amide bonds. The van der Waals surface area contributed by atoms with E-state index < -0.39 is 0 Å². The highest BCUT2D eigenvalue weighted by molar-refractivity contribution is 5.24. The van der Waals surface area contributed by atoms with E-state index in [1.54, 1.807) is 12.5 Å². The molecule has 3 nitrogen and oxygen atoms in total. The molecule has 120 valence electrons. The van der Waals surface area contributed by atoms with Crippen LogP contribution in [0.25, 0.3) is 0 Å².